The molecule has 1 aromatic rings. The van der Waals surface area contributed by atoms with Crippen molar-refractivity contribution >= 4 is 0 Å². The molecule has 0 saturated carbocycles. The molecular weight excluding hydrogens is 238 g/mol. The van der Waals surface area contributed by atoms with Gasteiger partial charge in [-0.1, -0.05) is 0 Å². The normalized spacial score (nSPS) is 30.9. The lowest BCUT2D eigenvalue weighted by molar-refractivity contribution is -0.0531. The van der Waals surface area contributed by atoms with E-state index in [-0.39, 0.29) is 11.4 Å². The van der Waals surface area contributed by atoms with Crippen molar-refractivity contribution < 1.29 is 20.1 Å². The Morgan fingerprint density at radius 3 is 2.72 bits per heavy atom. The van der Waals surface area contributed by atoms with Crippen LogP contribution in [0.5, 0.6) is 0 Å². The summed E-state index contributed by atoms with van der Waals surface area (Å²) in [7, 11) is 0. The Labute approximate surface area is 103 Å². The summed E-state index contributed by atoms with van der Waals surface area (Å²) >= 11 is 0. The first-order valence-electron chi connectivity index (χ1n) is 5.20. The predicted octanol–water partition coefficient (Wildman–Crippen LogP) is -1.65. The van der Waals surface area contributed by atoms with Gasteiger partial charge in [0, 0.05) is 0 Å². The number of aromatic nitrogens is 2. The van der Waals surface area contributed by atoms with Gasteiger partial charge >= 0.3 is 0 Å². The molecule has 1 unspecified atom stereocenters. The van der Waals surface area contributed by atoms with Gasteiger partial charge < -0.3 is 20.1 Å². The second-order valence-corrected chi connectivity index (χ2v) is 3.83. The molecule has 94 valence electrons. The third-order valence-corrected chi connectivity index (χ3v) is 2.83. The number of aliphatic hydroxyl groups excluding tert-OH is 3. The second-order valence-electron chi connectivity index (χ2n) is 3.83. The molecule has 1 fully saturated rings. The highest BCUT2D eigenvalue weighted by Gasteiger charge is 2.44. The number of hydrogen-bond donors (Lipinski definition) is 3. The van der Waals surface area contributed by atoms with Crippen molar-refractivity contribution in [3.8, 4) is 18.4 Å². The maximum atomic E-state index is 9.83. The topological polar surface area (TPSA) is 112 Å². The summed E-state index contributed by atoms with van der Waals surface area (Å²) in [6, 6.07) is 1.82. The average molecular weight is 249 g/mol. The van der Waals surface area contributed by atoms with Gasteiger partial charge in [0.15, 0.2) is 11.9 Å². The maximum Gasteiger partial charge on any atom is 0.174 e. The fourth-order valence-electron chi connectivity index (χ4n) is 1.89. The van der Waals surface area contributed by atoms with Crippen molar-refractivity contribution in [2.45, 2.75) is 24.5 Å². The van der Waals surface area contributed by atoms with Crippen LogP contribution in [0.2, 0.25) is 0 Å². The average Bonchev–Trinajstić information content (AvgIpc) is 2.92. The zero-order valence-electron chi connectivity index (χ0n) is 9.26. The van der Waals surface area contributed by atoms with Gasteiger partial charge in [-0.3, -0.25) is 4.57 Å². The monoisotopic (exact) mass is 249 g/mol. The van der Waals surface area contributed by atoms with Gasteiger partial charge in [-0.25, -0.2) is 4.98 Å². The molecule has 0 aliphatic carbocycles. The highest BCUT2D eigenvalue weighted by molar-refractivity contribution is 5.38. The van der Waals surface area contributed by atoms with E-state index >= 15 is 0 Å². The first-order chi connectivity index (χ1) is 8.63. The zero-order valence-corrected chi connectivity index (χ0v) is 9.26. The molecule has 1 aliphatic rings. The number of imidazole rings is 1. The summed E-state index contributed by atoms with van der Waals surface area (Å²) in [6.45, 7) is -0.431. The Hall–Kier alpha value is -1.90. The molecular formula is C11H11N3O4. The molecule has 2 rings (SSSR count). The fraction of sp³-hybridized carbons (Fsp3) is 0.455. The molecule has 1 aromatic heterocycles. The first kappa shape index (κ1) is 12.6. The first-order valence-corrected chi connectivity index (χ1v) is 5.20. The summed E-state index contributed by atoms with van der Waals surface area (Å²) in [6.07, 6.45) is 2.18. The maximum absolute atomic E-state index is 9.83. The van der Waals surface area contributed by atoms with Crippen LogP contribution in [0.15, 0.2) is 6.33 Å². The van der Waals surface area contributed by atoms with Crippen LogP contribution in [0.3, 0.4) is 0 Å². The van der Waals surface area contributed by atoms with E-state index in [1.54, 1.807) is 0 Å². The van der Waals surface area contributed by atoms with Crippen molar-refractivity contribution in [3.63, 3.8) is 0 Å². The quantitative estimate of drug-likeness (QED) is 0.541. The lowest BCUT2D eigenvalue weighted by Gasteiger charge is -2.17. The fourth-order valence-corrected chi connectivity index (χ4v) is 1.89. The van der Waals surface area contributed by atoms with Crippen LogP contribution in [-0.4, -0.2) is 49.8 Å². The highest BCUT2D eigenvalue weighted by Crippen LogP contribution is 2.30. The van der Waals surface area contributed by atoms with Crippen molar-refractivity contribution in [1.82, 2.24) is 9.55 Å². The van der Waals surface area contributed by atoms with E-state index in [4.69, 9.17) is 21.5 Å². The van der Waals surface area contributed by atoms with Gasteiger partial charge in [-0.15, -0.1) is 6.42 Å². The van der Waals surface area contributed by atoms with Gasteiger partial charge in [0.2, 0.25) is 0 Å². The molecule has 0 aromatic carbocycles. The number of nitrogens with zero attached hydrogens (tertiary/aromatic N) is 3. The predicted molar refractivity (Wildman–Crippen MR) is 57.9 cm³/mol. The minimum atomic E-state index is -1.25. The number of ether oxygens (including phenoxy) is 1. The molecule has 0 spiro atoms. The largest absolute Gasteiger partial charge is 0.394 e. The molecule has 0 radical (unpaired) electrons. The second kappa shape index (κ2) is 4.77. The molecule has 0 bridgehead atoms. The van der Waals surface area contributed by atoms with Crippen molar-refractivity contribution in [1.29, 1.82) is 5.26 Å². The van der Waals surface area contributed by atoms with E-state index in [0.29, 0.717) is 0 Å². The highest BCUT2D eigenvalue weighted by atomic mass is 16.6. The van der Waals surface area contributed by atoms with Crippen LogP contribution in [-0.2, 0) is 4.74 Å². The Balaban J connectivity index is 2.37. The van der Waals surface area contributed by atoms with E-state index in [2.05, 4.69) is 10.9 Å². The van der Waals surface area contributed by atoms with Gasteiger partial charge in [-0.05, 0) is 5.92 Å². The number of hydrogen-bond acceptors (Lipinski definition) is 6. The van der Waals surface area contributed by atoms with Crippen molar-refractivity contribution in [2.75, 3.05) is 6.61 Å². The van der Waals surface area contributed by atoms with Crippen LogP contribution >= 0.6 is 0 Å². The van der Waals surface area contributed by atoms with Crippen LogP contribution in [0.1, 0.15) is 17.6 Å². The molecule has 1 aliphatic heterocycles. The summed E-state index contributed by atoms with van der Waals surface area (Å²) in [5.74, 6) is 2.28. The van der Waals surface area contributed by atoms with Gasteiger partial charge in [-0.2, -0.15) is 5.26 Å². The molecule has 0 amide bonds. The lowest BCUT2D eigenvalue weighted by atomic mass is 10.1. The Morgan fingerprint density at radius 2 is 2.22 bits per heavy atom. The summed E-state index contributed by atoms with van der Waals surface area (Å²) < 4.78 is 6.58. The Morgan fingerprint density at radius 1 is 1.50 bits per heavy atom. The van der Waals surface area contributed by atoms with E-state index in [0.717, 1.165) is 0 Å². The Bertz CT molecular complexity index is 527. The number of aliphatic hydroxyl groups is 3. The minimum absolute atomic E-state index is 0.0373. The summed E-state index contributed by atoms with van der Waals surface area (Å²) in [5.41, 5.74) is 0.197. The molecule has 2 heterocycles. The van der Waals surface area contributed by atoms with Gasteiger partial charge in [0.1, 0.15) is 30.1 Å². The standard InChI is InChI=1S/C11H11N3O4/c1-2-7-6(3-12)13-5-14(7)11-10(17)9(16)8(4-15)18-11/h1,5,8-11,15-17H,4H2/t8-,9-,10-,11?/m1/s1. The van der Waals surface area contributed by atoms with E-state index in [1.165, 1.54) is 10.9 Å². The van der Waals surface area contributed by atoms with Crippen molar-refractivity contribution in [2.24, 2.45) is 0 Å². The van der Waals surface area contributed by atoms with Crippen LogP contribution in [0, 0.1) is 23.7 Å². The SMILES string of the molecule is C#Cc1c(C#N)ncn1C1O[C@H](CO)[C@@H](O)[C@H]1O. The van der Waals surface area contributed by atoms with E-state index in [1.807, 2.05) is 6.07 Å². The zero-order chi connectivity index (χ0) is 13.3. The van der Waals surface area contributed by atoms with Gasteiger partial charge in [0.05, 0.1) is 12.9 Å². The van der Waals surface area contributed by atoms with Crippen molar-refractivity contribution in [3.05, 3.63) is 17.7 Å². The molecule has 18 heavy (non-hydrogen) atoms. The molecule has 7 heteroatoms. The van der Waals surface area contributed by atoms with Crippen LogP contribution in [0.25, 0.3) is 0 Å². The molecule has 7 nitrogen and oxygen atoms in total. The molecule has 1 saturated heterocycles. The number of terminal acetylenes is 1. The molecule has 3 N–H and O–H groups in total. The van der Waals surface area contributed by atoms with Gasteiger partial charge in [0.25, 0.3) is 0 Å². The van der Waals surface area contributed by atoms with E-state index in [9.17, 15) is 10.2 Å². The van der Waals surface area contributed by atoms with Crippen LogP contribution in [0.4, 0.5) is 0 Å². The lowest BCUT2D eigenvalue weighted by Crippen LogP contribution is -2.33. The van der Waals surface area contributed by atoms with Crippen LogP contribution < -0.4 is 0 Å². The number of rotatable bonds is 2. The number of nitriles is 1. The van der Waals surface area contributed by atoms with E-state index < -0.39 is 31.1 Å². The minimum Gasteiger partial charge on any atom is -0.394 e. The third-order valence-electron chi connectivity index (χ3n) is 2.83. The Kier molecular flexibility index (Phi) is 3.32. The molecule has 4 atom stereocenters. The summed E-state index contributed by atoms with van der Waals surface area (Å²) in [5, 5.41) is 37.3. The summed E-state index contributed by atoms with van der Waals surface area (Å²) in [4.78, 5) is 3.78. The smallest absolute Gasteiger partial charge is 0.174 e. The third kappa shape index (κ3) is 1.76.